The van der Waals surface area contributed by atoms with Crippen LogP contribution in [-0.4, -0.2) is 40.8 Å². The minimum atomic E-state index is 0.255. The summed E-state index contributed by atoms with van der Waals surface area (Å²) in [5.74, 6) is 6.03. The lowest BCUT2D eigenvalue weighted by Crippen LogP contribution is -2.17. The van der Waals surface area contributed by atoms with Gasteiger partial charge in [0.1, 0.15) is 0 Å². The maximum absolute atomic E-state index is 5.55. The highest BCUT2D eigenvalue weighted by atomic mass is 16.5. The van der Waals surface area contributed by atoms with E-state index in [4.69, 9.17) is 15.3 Å². The van der Waals surface area contributed by atoms with Crippen LogP contribution < -0.4 is 21.3 Å². The molecule has 8 nitrogen and oxygen atoms in total. The zero-order valence-electron chi connectivity index (χ0n) is 11.1. The van der Waals surface area contributed by atoms with Crippen LogP contribution in [0, 0.1) is 0 Å². The molecule has 1 atom stereocenters. The van der Waals surface area contributed by atoms with Crippen LogP contribution in [0.2, 0.25) is 0 Å². The molecule has 1 fully saturated rings. The molecule has 1 unspecified atom stereocenters. The highest BCUT2D eigenvalue weighted by molar-refractivity contribution is 5.34. The average molecular weight is 268 g/mol. The fourth-order valence-electron chi connectivity index (χ4n) is 1.91. The van der Waals surface area contributed by atoms with Gasteiger partial charge in [0.05, 0.1) is 12.7 Å². The van der Waals surface area contributed by atoms with Crippen LogP contribution in [0.5, 0.6) is 6.01 Å². The van der Waals surface area contributed by atoms with Gasteiger partial charge in [-0.2, -0.15) is 15.0 Å². The fraction of sp³-hybridized carbons (Fsp3) is 0.727. The van der Waals surface area contributed by atoms with Crippen molar-refractivity contribution in [3.8, 4) is 6.01 Å². The first-order chi connectivity index (χ1) is 9.31. The Morgan fingerprint density at radius 2 is 2.21 bits per heavy atom. The number of aromatic nitrogens is 3. The first-order valence-corrected chi connectivity index (χ1v) is 6.52. The number of nitrogen functional groups attached to an aromatic ring is 1. The molecule has 19 heavy (non-hydrogen) atoms. The van der Waals surface area contributed by atoms with Crippen molar-refractivity contribution >= 4 is 11.9 Å². The van der Waals surface area contributed by atoms with E-state index >= 15 is 0 Å². The molecule has 106 valence electrons. The summed E-state index contributed by atoms with van der Waals surface area (Å²) >= 11 is 0. The van der Waals surface area contributed by atoms with E-state index in [-0.39, 0.29) is 12.0 Å². The van der Waals surface area contributed by atoms with Gasteiger partial charge in [-0.15, -0.1) is 0 Å². The Bertz CT molecular complexity index is 397. The van der Waals surface area contributed by atoms with Crippen LogP contribution in [0.15, 0.2) is 0 Å². The van der Waals surface area contributed by atoms with Crippen LogP contribution in [-0.2, 0) is 4.74 Å². The van der Waals surface area contributed by atoms with Gasteiger partial charge in [-0.05, 0) is 26.2 Å². The van der Waals surface area contributed by atoms with Gasteiger partial charge in [-0.25, -0.2) is 5.84 Å². The van der Waals surface area contributed by atoms with Crippen molar-refractivity contribution in [3.63, 3.8) is 0 Å². The van der Waals surface area contributed by atoms with E-state index in [1.807, 2.05) is 6.92 Å². The minimum Gasteiger partial charge on any atom is -0.464 e. The van der Waals surface area contributed by atoms with Gasteiger partial charge >= 0.3 is 6.01 Å². The summed E-state index contributed by atoms with van der Waals surface area (Å²) in [6, 6.07) is 0.255. The molecule has 1 aromatic rings. The van der Waals surface area contributed by atoms with Crippen molar-refractivity contribution in [1.82, 2.24) is 15.0 Å². The van der Waals surface area contributed by atoms with Crippen molar-refractivity contribution in [2.75, 3.05) is 30.5 Å². The third-order valence-corrected chi connectivity index (χ3v) is 2.79. The first kappa shape index (κ1) is 13.8. The zero-order valence-corrected chi connectivity index (χ0v) is 11.1. The lowest BCUT2D eigenvalue weighted by Gasteiger charge is -2.11. The molecule has 0 radical (unpaired) electrons. The summed E-state index contributed by atoms with van der Waals surface area (Å²) in [5.41, 5.74) is 2.39. The van der Waals surface area contributed by atoms with Gasteiger partial charge < -0.3 is 14.8 Å². The molecule has 1 aliphatic heterocycles. The second-order valence-corrected chi connectivity index (χ2v) is 4.19. The van der Waals surface area contributed by atoms with Crippen molar-refractivity contribution in [1.29, 1.82) is 0 Å². The summed E-state index contributed by atoms with van der Waals surface area (Å²) in [4.78, 5) is 12.2. The second-order valence-electron chi connectivity index (χ2n) is 4.19. The van der Waals surface area contributed by atoms with Gasteiger partial charge in [0.15, 0.2) is 0 Å². The average Bonchev–Trinajstić information content (AvgIpc) is 2.92. The molecule has 0 saturated carbocycles. The van der Waals surface area contributed by atoms with Gasteiger partial charge in [0.25, 0.3) is 0 Å². The van der Waals surface area contributed by atoms with Crippen LogP contribution in [0.1, 0.15) is 26.2 Å². The number of ether oxygens (including phenoxy) is 2. The van der Waals surface area contributed by atoms with E-state index in [2.05, 4.69) is 25.7 Å². The molecule has 0 bridgehead atoms. The van der Waals surface area contributed by atoms with E-state index in [0.29, 0.717) is 18.7 Å². The smallest absolute Gasteiger partial charge is 0.323 e. The molecular weight excluding hydrogens is 248 g/mol. The van der Waals surface area contributed by atoms with Crippen LogP contribution >= 0.6 is 0 Å². The maximum Gasteiger partial charge on any atom is 0.323 e. The summed E-state index contributed by atoms with van der Waals surface area (Å²) < 4.78 is 10.8. The Kier molecular flexibility index (Phi) is 5.10. The first-order valence-electron chi connectivity index (χ1n) is 6.52. The molecule has 0 spiro atoms. The quantitative estimate of drug-likeness (QED) is 0.486. The summed E-state index contributed by atoms with van der Waals surface area (Å²) in [5, 5.41) is 3.13. The van der Waals surface area contributed by atoms with Gasteiger partial charge in [-0.3, -0.25) is 5.43 Å². The highest BCUT2D eigenvalue weighted by Crippen LogP contribution is 2.15. The number of nitrogens with two attached hydrogens (primary N) is 1. The number of rotatable bonds is 7. The Balaban J connectivity index is 1.88. The molecule has 8 heteroatoms. The number of anilines is 2. The Morgan fingerprint density at radius 1 is 1.37 bits per heavy atom. The highest BCUT2D eigenvalue weighted by Gasteiger charge is 2.15. The van der Waals surface area contributed by atoms with Gasteiger partial charge in [0.2, 0.25) is 11.9 Å². The summed E-state index contributed by atoms with van der Waals surface area (Å²) in [6.45, 7) is 3.96. The van der Waals surface area contributed by atoms with Crippen molar-refractivity contribution in [2.24, 2.45) is 5.84 Å². The van der Waals surface area contributed by atoms with E-state index in [1.165, 1.54) is 0 Å². The van der Waals surface area contributed by atoms with Crippen molar-refractivity contribution in [2.45, 2.75) is 32.3 Å². The molecule has 0 aliphatic carbocycles. The van der Waals surface area contributed by atoms with Gasteiger partial charge in [-0.1, -0.05) is 0 Å². The number of nitrogens with zero attached hydrogens (tertiary/aromatic N) is 3. The molecule has 0 amide bonds. The van der Waals surface area contributed by atoms with Crippen molar-refractivity contribution in [3.05, 3.63) is 0 Å². The van der Waals surface area contributed by atoms with Crippen molar-refractivity contribution < 1.29 is 9.47 Å². The number of hydrogen-bond donors (Lipinski definition) is 3. The SMILES string of the molecule is CCOc1nc(NN)nc(NCCC2CCCO2)n1. The van der Waals surface area contributed by atoms with Gasteiger partial charge in [0, 0.05) is 13.2 Å². The Labute approximate surface area is 112 Å². The van der Waals surface area contributed by atoms with Crippen LogP contribution in [0.4, 0.5) is 11.9 Å². The number of hydrazine groups is 1. The van der Waals surface area contributed by atoms with E-state index in [1.54, 1.807) is 0 Å². The maximum atomic E-state index is 5.55. The molecule has 2 heterocycles. The largest absolute Gasteiger partial charge is 0.464 e. The van der Waals surface area contributed by atoms with Crippen LogP contribution in [0.25, 0.3) is 0 Å². The monoisotopic (exact) mass is 268 g/mol. The van der Waals surface area contributed by atoms with E-state index in [0.717, 1.165) is 32.4 Å². The molecule has 4 N–H and O–H groups in total. The minimum absolute atomic E-state index is 0.255. The predicted molar refractivity (Wildman–Crippen MR) is 70.9 cm³/mol. The summed E-state index contributed by atoms with van der Waals surface area (Å²) in [7, 11) is 0. The topological polar surface area (TPSA) is 107 Å². The third-order valence-electron chi connectivity index (χ3n) is 2.79. The Hall–Kier alpha value is -1.67. The lowest BCUT2D eigenvalue weighted by molar-refractivity contribution is 0.107. The summed E-state index contributed by atoms with van der Waals surface area (Å²) in [6.07, 6.45) is 3.54. The molecule has 0 aromatic carbocycles. The molecule has 1 saturated heterocycles. The lowest BCUT2D eigenvalue weighted by atomic mass is 10.2. The zero-order chi connectivity index (χ0) is 13.5. The standard InChI is InChI=1S/C11H20N6O2/c1-2-18-11-15-9(14-10(16-11)17-12)13-6-5-8-4-3-7-19-8/h8H,2-7,12H2,1H3,(H2,13,14,15,16,17). The normalized spacial score (nSPS) is 18.3. The van der Waals surface area contributed by atoms with E-state index in [9.17, 15) is 0 Å². The molecule has 1 aliphatic rings. The molecule has 1 aromatic heterocycles. The fourth-order valence-corrected chi connectivity index (χ4v) is 1.91. The predicted octanol–water partition coefficient (Wildman–Crippen LogP) is 0.537. The number of hydrogen-bond acceptors (Lipinski definition) is 8. The number of nitrogens with one attached hydrogen (secondary N) is 2. The van der Waals surface area contributed by atoms with E-state index < -0.39 is 0 Å². The Morgan fingerprint density at radius 3 is 2.89 bits per heavy atom. The molecule has 2 rings (SSSR count). The second kappa shape index (κ2) is 7.05. The van der Waals surface area contributed by atoms with Crippen LogP contribution in [0.3, 0.4) is 0 Å². The molecular formula is C11H20N6O2. The third kappa shape index (κ3) is 4.18.